The Kier molecular flexibility index (Phi) is 1.70. The standard InChI is InChI=1S/C9H6BrO/c10-8-3-4-9-7(6-8)2-1-5-11-9/h2-4,6H,5H2. The molecule has 0 amide bonds. The third kappa shape index (κ3) is 1.31. The number of ether oxygens (including phenoxy) is 1. The third-order valence-corrected chi connectivity index (χ3v) is 2.03. The van der Waals surface area contributed by atoms with E-state index >= 15 is 0 Å². The number of halogens is 1. The first kappa shape index (κ1) is 6.92. The van der Waals surface area contributed by atoms with Crippen molar-refractivity contribution in [1.29, 1.82) is 0 Å². The molecule has 0 aromatic heterocycles. The Labute approximate surface area is 73.8 Å². The number of hydrogen-bond donors (Lipinski definition) is 0. The smallest absolute Gasteiger partial charge is 0.127 e. The molecule has 0 spiro atoms. The van der Waals surface area contributed by atoms with Crippen LogP contribution in [-0.4, -0.2) is 6.61 Å². The Morgan fingerprint density at radius 1 is 1.45 bits per heavy atom. The summed E-state index contributed by atoms with van der Waals surface area (Å²) >= 11 is 3.39. The van der Waals surface area contributed by atoms with E-state index in [1.54, 1.807) is 0 Å². The zero-order valence-corrected chi connectivity index (χ0v) is 7.39. The quantitative estimate of drug-likeness (QED) is 0.639. The van der Waals surface area contributed by atoms with Gasteiger partial charge in [-0.15, -0.1) is 0 Å². The molecule has 1 aromatic carbocycles. The summed E-state index contributed by atoms with van der Waals surface area (Å²) in [5, 5.41) is 0. The third-order valence-electron chi connectivity index (χ3n) is 1.54. The minimum absolute atomic E-state index is 0.564. The minimum atomic E-state index is 0.564. The number of hydrogen-bond acceptors (Lipinski definition) is 1. The van der Waals surface area contributed by atoms with Gasteiger partial charge in [-0.1, -0.05) is 15.9 Å². The molecule has 11 heavy (non-hydrogen) atoms. The van der Waals surface area contributed by atoms with Crippen LogP contribution in [0.25, 0.3) is 6.08 Å². The maximum atomic E-state index is 5.32. The molecule has 1 aromatic rings. The Hall–Kier alpha value is -0.760. The molecule has 1 heterocycles. The van der Waals surface area contributed by atoms with Crippen LogP contribution in [-0.2, 0) is 0 Å². The topological polar surface area (TPSA) is 9.23 Å². The molecule has 1 radical (unpaired) electrons. The highest BCUT2D eigenvalue weighted by molar-refractivity contribution is 9.10. The number of rotatable bonds is 0. The van der Waals surface area contributed by atoms with Gasteiger partial charge in [-0.2, -0.15) is 0 Å². The minimum Gasteiger partial charge on any atom is -0.488 e. The van der Waals surface area contributed by atoms with Crippen LogP contribution in [0.1, 0.15) is 5.56 Å². The van der Waals surface area contributed by atoms with Crippen LogP contribution in [0.2, 0.25) is 0 Å². The molecule has 0 saturated carbocycles. The molecule has 0 fully saturated rings. The Morgan fingerprint density at radius 2 is 2.36 bits per heavy atom. The van der Waals surface area contributed by atoms with Gasteiger partial charge in [0.2, 0.25) is 0 Å². The largest absolute Gasteiger partial charge is 0.488 e. The molecule has 0 bridgehead atoms. The van der Waals surface area contributed by atoms with Crippen molar-refractivity contribution >= 4 is 22.0 Å². The summed E-state index contributed by atoms with van der Waals surface area (Å²) in [6.07, 6.45) is 4.95. The average molecular weight is 210 g/mol. The van der Waals surface area contributed by atoms with Gasteiger partial charge in [0.05, 0.1) is 0 Å². The molecule has 0 aliphatic carbocycles. The Balaban J connectivity index is 2.54. The van der Waals surface area contributed by atoms with Gasteiger partial charge in [0, 0.05) is 10.0 Å². The van der Waals surface area contributed by atoms with E-state index in [9.17, 15) is 0 Å². The van der Waals surface area contributed by atoms with E-state index in [-0.39, 0.29) is 0 Å². The van der Waals surface area contributed by atoms with Crippen LogP contribution in [0.5, 0.6) is 5.75 Å². The van der Waals surface area contributed by atoms with Gasteiger partial charge < -0.3 is 4.74 Å². The summed E-state index contributed by atoms with van der Waals surface area (Å²) in [6, 6.07) is 5.94. The first-order chi connectivity index (χ1) is 5.36. The van der Waals surface area contributed by atoms with Crippen LogP contribution in [0, 0.1) is 6.08 Å². The fraction of sp³-hybridized carbons (Fsp3) is 0.111. The lowest BCUT2D eigenvalue weighted by atomic mass is 10.1. The summed E-state index contributed by atoms with van der Waals surface area (Å²) in [7, 11) is 0. The van der Waals surface area contributed by atoms with E-state index in [0.717, 1.165) is 15.8 Å². The van der Waals surface area contributed by atoms with Crippen molar-refractivity contribution in [3.8, 4) is 5.75 Å². The SMILES string of the molecule is Brc1ccc2c(c1)C=[C]CO2. The summed E-state index contributed by atoms with van der Waals surface area (Å²) < 4.78 is 6.38. The summed E-state index contributed by atoms with van der Waals surface area (Å²) in [6.45, 7) is 0.564. The van der Waals surface area contributed by atoms with Crippen molar-refractivity contribution in [3.63, 3.8) is 0 Å². The fourth-order valence-corrected chi connectivity index (χ4v) is 1.41. The van der Waals surface area contributed by atoms with Crippen molar-refractivity contribution in [2.75, 3.05) is 6.61 Å². The zero-order chi connectivity index (χ0) is 7.68. The van der Waals surface area contributed by atoms with Gasteiger partial charge in [-0.25, -0.2) is 0 Å². The molecule has 2 rings (SSSR count). The van der Waals surface area contributed by atoms with E-state index in [0.29, 0.717) is 6.61 Å². The highest BCUT2D eigenvalue weighted by Gasteiger charge is 2.04. The molecule has 1 nitrogen and oxygen atoms in total. The van der Waals surface area contributed by atoms with E-state index < -0.39 is 0 Å². The second-order valence-electron chi connectivity index (χ2n) is 2.32. The summed E-state index contributed by atoms with van der Waals surface area (Å²) in [5.41, 5.74) is 1.09. The highest BCUT2D eigenvalue weighted by Crippen LogP contribution is 2.26. The van der Waals surface area contributed by atoms with Gasteiger partial charge in [-0.3, -0.25) is 0 Å². The van der Waals surface area contributed by atoms with Crippen LogP contribution in [0.3, 0.4) is 0 Å². The van der Waals surface area contributed by atoms with Crippen LogP contribution in [0.4, 0.5) is 0 Å². The monoisotopic (exact) mass is 209 g/mol. The van der Waals surface area contributed by atoms with Crippen molar-refractivity contribution < 1.29 is 4.74 Å². The van der Waals surface area contributed by atoms with Crippen LogP contribution in [0.15, 0.2) is 22.7 Å². The normalized spacial score (nSPS) is 13.9. The van der Waals surface area contributed by atoms with Gasteiger partial charge in [0.25, 0.3) is 0 Å². The van der Waals surface area contributed by atoms with E-state index in [4.69, 9.17) is 4.74 Å². The van der Waals surface area contributed by atoms with Crippen molar-refractivity contribution in [3.05, 3.63) is 34.3 Å². The molecular weight excluding hydrogens is 204 g/mol. The Bertz CT molecular complexity index is 304. The molecule has 1 aliphatic rings. The van der Waals surface area contributed by atoms with Crippen LogP contribution < -0.4 is 4.74 Å². The first-order valence-corrected chi connectivity index (χ1v) is 4.14. The fourth-order valence-electron chi connectivity index (χ4n) is 1.03. The molecule has 0 N–H and O–H groups in total. The van der Waals surface area contributed by atoms with Crippen molar-refractivity contribution in [2.24, 2.45) is 0 Å². The molecule has 1 aliphatic heterocycles. The molecule has 55 valence electrons. The highest BCUT2D eigenvalue weighted by atomic mass is 79.9. The van der Waals surface area contributed by atoms with Gasteiger partial charge in [0.1, 0.15) is 12.4 Å². The Morgan fingerprint density at radius 3 is 3.27 bits per heavy atom. The van der Waals surface area contributed by atoms with E-state index in [1.807, 2.05) is 24.3 Å². The molecule has 2 heteroatoms. The molecule has 0 unspecified atom stereocenters. The van der Waals surface area contributed by atoms with Crippen LogP contribution >= 0.6 is 15.9 Å². The second-order valence-corrected chi connectivity index (χ2v) is 3.23. The number of fused-ring (bicyclic) bond motifs is 1. The lowest BCUT2D eigenvalue weighted by Gasteiger charge is -2.11. The van der Waals surface area contributed by atoms with E-state index in [2.05, 4.69) is 22.0 Å². The maximum absolute atomic E-state index is 5.32. The predicted octanol–water partition coefficient (Wildman–Crippen LogP) is 2.66. The zero-order valence-electron chi connectivity index (χ0n) is 5.80. The summed E-state index contributed by atoms with van der Waals surface area (Å²) in [4.78, 5) is 0. The number of benzene rings is 1. The lowest BCUT2D eigenvalue weighted by molar-refractivity contribution is 0.352. The molecular formula is C9H6BrO. The first-order valence-electron chi connectivity index (χ1n) is 3.35. The predicted molar refractivity (Wildman–Crippen MR) is 47.3 cm³/mol. The maximum Gasteiger partial charge on any atom is 0.127 e. The molecule has 0 saturated heterocycles. The summed E-state index contributed by atoms with van der Waals surface area (Å²) in [5.74, 6) is 0.937. The van der Waals surface area contributed by atoms with E-state index in [1.165, 1.54) is 0 Å². The molecule has 0 atom stereocenters. The van der Waals surface area contributed by atoms with Gasteiger partial charge >= 0.3 is 0 Å². The van der Waals surface area contributed by atoms with Gasteiger partial charge in [-0.05, 0) is 30.4 Å². The lowest BCUT2D eigenvalue weighted by Crippen LogP contribution is -1.99. The van der Waals surface area contributed by atoms with Crippen molar-refractivity contribution in [2.45, 2.75) is 0 Å². The second kappa shape index (κ2) is 2.70. The van der Waals surface area contributed by atoms with Gasteiger partial charge in [0.15, 0.2) is 0 Å². The van der Waals surface area contributed by atoms with Crippen molar-refractivity contribution in [1.82, 2.24) is 0 Å². The average Bonchev–Trinajstić information content (AvgIpc) is 2.04.